The number of benzene rings is 3. The molecule has 0 amide bonds. The van der Waals surface area contributed by atoms with Crippen LogP contribution in [-0.4, -0.2) is 5.78 Å². The SMILES string of the molecule is CC1(C)CC(=O)C2=C(C1)c1c(ccc3ccccc13)N[C@H]2c1ccc(-c2ccc(Cl)cc2)o1. The highest BCUT2D eigenvalue weighted by atomic mass is 35.5. The average Bonchev–Trinajstić information content (AvgIpc) is 3.28. The number of ketones is 1. The zero-order valence-corrected chi connectivity index (χ0v) is 19.4. The van der Waals surface area contributed by atoms with E-state index >= 15 is 0 Å². The van der Waals surface area contributed by atoms with Crippen molar-refractivity contribution in [1.82, 2.24) is 0 Å². The third-order valence-electron chi connectivity index (χ3n) is 6.78. The van der Waals surface area contributed by atoms with Gasteiger partial charge in [-0.1, -0.05) is 55.8 Å². The van der Waals surface area contributed by atoms with Gasteiger partial charge < -0.3 is 9.73 Å². The smallest absolute Gasteiger partial charge is 0.162 e. The van der Waals surface area contributed by atoms with E-state index in [9.17, 15) is 4.79 Å². The molecular formula is C29H24ClNO2. The fraction of sp³-hybridized carbons (Fsp3) is 0.207. The summed E-state index contributed by atoms with van der Waals surface area (Å²) in [5.41, 5.74) is 5.07. The summed E-state index contributed by atoms with van der Waals surface area (Å²) in [7, 11) is 0. The highest BCUT2D eigenvalue weighted by molar-refractivity contribution is 6.30. The van der Waals surface area contributed by atoms with Gasteiger partial charge in [0.2, 0.25) is 0 Å². The van der Waals surface area contributed by atoms with Crippen LogP contribution in [0.3, 0.4) is 0 Å². The lowest BCUT2D eigenvalue weighted by Crippen LogP contribution is -2.33. The molecule has 3 aromatic carbocycles. The fourth-order valence-corrected chi connectivity index (χ4v) is 5.45. The number of halogens is 1. The van der Waals surface area contributed by atoms with Crippen molar-refractivity contribution in [3.63, 3.8) is 0 Å². The van der Waals surface area contributed by atoms with E-state index in [4.69, 9.17) is 16.0 Å². The molecule has 1 atom stereocenters. The van der Waals surface area contributed by atoms with Gasteiger partial charge in [0.1, 0.15) is 17.6 Å². The van der Waals surface area contributed by atoms with Crippen LogP contribution < -0.4 is 5.32 Å². The number of nitrogens with one attached hydrogen (secondary N) is 1. The standard InChI is InChI=1S/C29H24ClNO2/c1-29(2)15-21-26-20-6-4-3-5-17(20)9-12-22(26)31-28(27(21)23(32)16-29)25-14-13-24(33-25)18-7-10-19(30)11-8-18/h3-14,28,31H,15-16H2,1-2H3/t28-/m0/s1. The maximum atomic E-state index is 13.5. The lowest BCUT2D eigenvalue weighted by atomic mass is 9.68. The van der Waals surface area contributed by atoms with Gasteiger partial charge in [0.15, 0.2) is 5.78 Å². The molecule has 4 heteroatoms. The quantitative estimate of drug-likeness (QED) is 0.333. The van der Waals surface area contributed by atoms with Crippen molar-refractivity contribution in [2.75, 3.05) is 5.32 Å². The summed E-state index contributed by atoms with van der Waals surface area (Å²) in [4.78, 5) is 13.5. The maximum absolute atomic E-state index is 13.5. The Hall–Kier alpha value is -3.30. The van der Waals surface area contributed by atoms with E-state index in [1.54, 1.807) is 0 Å². The molecule has 0 bridgehead atoms. The Morgan fingerprint density at radius 3 is 2.55 bits per heavy atom. The number of hydrogen-bond donors (Lipinski definition) is 1. The van der Waals surface area contributed by atoms with Crippen molar-refractivity contribution in [2.45, 2.75) is 32.7 Å². The molecule has 0 saturated carbocycles. The molecule has 0 spiro atoms. The van der Waals surface area contributed by atoms with Crippen molar-refractivity contribution in [2.24, 2.45) is 5.41 Å². The molecule has 0 radical (unpaired) electrons. The van der Waals surface area contributed by atoms with Crippen molar-refractivity contribution >= 4 is 39.4 Å². The Bertz CT molecular complexity index is 1440. The second-order valence-corrected chi connectivity index (χ2v) is 10.3. The molecule has 164 valence electrons. The van der Waals surface area contributed by atoms with Crippen LogP contribution in [0.2, 0.25) is 5.02 Å². The molecule has 1 aliphatic carbocycles. The first-order valence-electron chi connectivity index (χ1n) is 11.3. The average molecular weight is 454 g/mol. The minimum Gasteiger partial charge on any atom is -0.459 e. The second-order valence-electron chi connectivity index (χ2n) is 9.83. The Balaban J connectivity index is 1.53. The number of carbonyl (C=O) groups excluding carboxylic acids is 1. The maximum Gasteiger partial charge on any atom is 0.162 e. The summed E-state index contributed by atoms with van der Waals surface area (Å²) in [5, 5.41) is 6.69. The molecular weight excluding hydrogens is 430 g/mol. The third kappa shape index (κ3) is 3.39. The molecule has 6 rings (SSSR count). The molecule has 1 aromatic heterocycles. The van der Waals surface area contributed by atoms with Crippen LogP contribution in [-0.2, 0) is 4.79 Å². The molecule has 0 unspecified atom stereocenters. The third-order valence-corrected chi connectivity index (χ3v) is 7.03. The molecule has 33 heavy (non-hydrogen) atoms. The predicted molar refractivity (Wildman–Crippen MR) is 134 cm³/mol. The number of carbonyl (C=O) groups is 1. The van der Waals surface area contributed by atoms with Crippen LogP contribution >= 0.6 is 11.6 Å². The largest absolute Gasteiger partial charge is 0.459 e. The van der Waals surface area contributed by atoms with Crippen molar-refractivity contribution in [3.05, 3.63) is 94.7 Å². The Kier molecular flexibility index (Phi) is 4.53. The molecule has 1 N–H and O–H groups in total. The monoisotopic (exact) mass is 453 g/mol. The lowest BCUT2D eigenvalue weighted by Gasteiger charge is -2.39. The zero-order chi connectivity index (χ0) is 22.7. The van der Waals surface area contributed by atoms with Crippen molar-refractivity contribution < 1.29 is 9.21 Å². The topological polar surface area (TPSA) is 42.2 Å². The van der Waals surface area contributed by atoms with E-state index in [2.05, 4.69) is 55.6 Å². The van der Waals surface area contributed by atoms with E-state index in [1.165, 1.54) is 10.8 Å². The van der Waals surface area contributed by atoms with Gasteiger partial charge >= 0.3 is 0 Å². The molecule has 2 heterocycles. The van der Waals surface area contributed by atoms with Gasteiger partial charge in [0.25, 0.3) is 0 Å². The van der Waals surface area contributed by atoms with Crippen LogP contribution in [0.4, 0.5) is 5.69 Å². The van der Waals surface area contributed by atoms with Crippen molar-refractivity contribution in [3.8, 4) is 11.3 Å². The lowest BCUT2D eigenvalue weighted by molar-refractivity contribution is -0.118. The Morgan fingerprint density at radius 2 is 1.73 bits per heavy atom. The minimum absolute atomic E-state index is 0.0797. The van der Waals surface area contributed by atoms with Crippen molar-refractivity contribution in [1.29, 1.82) is 0 Å². The number of rotatable bonds is 2. The van der Waals surface area contributed by atoms with E-state index in [0.717, 1.165) is 45.9 Å². The summed E-state index contributed by atoms with van der Waals surface area (Å²) in [6.45, 7) is 4.37. The van der Waals surface area contributed by atoms with Crippen LogP contribution in [0.5, 0.6) is 0 Å². The van der Waals surface area contributed by atoms with Gasteiger partial charge in [0, 0.05) is 33.8 Å². The van der Waals surface area contributed by atoms with E-state index < -0.39 is 0 Å². The summed E-state index contributed by atoms with van der Waals surface area (Å²) >= 11 is 6.05. The summed E-state index contributed by atoms with van der Waals surface area (Å²) in [5.74, 6) is 1.71. The van der Waals surface area contributed by atoms with E-state index in [-0.39, 0.29) is 17.2 Å². The van der Waals surface area contributed by atoms with Gasteiger partial charge in [-0.05, 0) is 70.6 Å². The molecule has 4 aromatic rings. The summed E-state index contributed by atoms with van der Waals surface area (Å²) in [6.07, 6.45) is 1.40. The number of anilines is 1. The molecule has 0 fully saturated rings. The molecule has 0 saturated heterocycles. The molecule has 2 aliphatic rings. The Morgan fingerprint density at radius 1 is 0.939 bits per heavy atom. The van der Waals surface area contributed by atoms with Gasteiger partial charge in [-0.25, -0.2) is 0 Å². The Labute approximate surface area is 198 Å². The van der Waals surface area contributed by atoms with E-state index in [0.29, 0.717) is 11.4 Å². The van der Waals surface area contributed by atoms with Crippen LogP contribution in [0.1, 0.15) is 44.1 Å². The summed E-state index contributed by atoms with van der Waals surface area (Å²) in [6, 6.07) is 23.9. The minimum atomic E-state index is -0.307. The number of furan rings is 1. The predicted octanol–water partition coefficient (Wildman–Crippen LogP) is 8.06. The number of allylic oxidation sites excluding steroid dienone is 1. The number of fused-ring (bicyclic) bond motifs is 4. The number of hydrogen-bond acceptors (Lipinski definition) is 3. The number of Topliss-reactive ketones (excluding diaryl/α,β-unsaturated/α-hetero) is 1. The van der Waals surface area contributed by atoms with E-state index in [1.807, 2.05) is 36.4 Å². The van der Waals surface area contributed by atoms with Gasteiger partial charge in [-0.2, -0.15) is 0 Å². The fourth-order valence-electron chi connectivity index (χ4n) is 5.33. The first-order chi connectivity index (χ1) is 15.9. The molecule has 3 nitrogen and oxygen atoms in total. The van der Waals surface area contributed by atoms with Crippen LogP contribution in [0.15, 0.2) is 82.8 Å². The normalized spacial score (nSPS) is 19.2. The first-order valence-corrected chi connectivity index (χ1v) is 11.7. The zero-order valence-electron chi connectivity index (χ0n) is 18.6. The van der Waals surface area contributed by atoms with Gasteiger partial charge in [-0.15, -0.1) is 0 Å². The van der Waals surface area contributed by atoms with Gasteiger partial charge in [0.05, 0.1) is 0 Å². The van der Waals surface area contributed by atoms with Crippen LogP contribution in [0, 0.1) is 5.41 Å². The molecule has 1 aliphatic heterocycles. The highest BCUT2D eigenvalue weighted by Gasteiger charge is 2.41. The highest BCUT2D eigenvalue weighted by Crippen LogP contribution is 2.52. The summed E-state index contributed by atoms with van der Waals surface area (Å²) < 4.78 is 6.31. The van der Waals surface area contributed by atoms with Crippen LogP contribution in [0.25, 0.3) is 27.7 Å². The van der Waals surface area contributed by atoms with Gasteiger partial charge in [-0.3, -0.25) is 4.79 Å². The second kappa shape index (κ2) is 7.36. The first kappa shape index (κ1) is 20.3.